The van der Waals surface area contributed by atoms with Gasteiger partial charge >= 0.3 is 0 Å². The Hall–Kier alpha value is -0.840. The van der Waals surface area contributed by atoms with E-state index in [1.165, 1.54) is 4.90 Å². The Morgan fingerprint density at radius 1 is 1.67 bits per heavy atom. The number of carbonyl (C=O) groups excluding carboxylic acids is 1. The van der Waals surface area contributed by atoms with Crippen molar-refractivity contribution in [3.05, 3.63) is 10.7 Å². The SMILES string of the molecule is CC(C)CCn1nc(Br)cc1N(C)C=O. The lowest BCUT2D eigenvalue weighted by Gasteiger charge is -2.13. The Bertz CT molecular complexity index is 335. The van der Waals surface area contributed by atoms with Crippen molar-refractivity contribution in [3.8, 4) is 0 Å². The van der Waals surface area contributed by atoms with Crippen molar-refractivity contribution in [1.82, 2.24) is 9.78 Å². The molecule has 1 aromatic heterocycles. The van der Waals surface area contributed by atoms with Crippen molar-refractivity contribution in [3.63, 3.8) is 0 Å². The van der Waals surface area contributed by atoms with E-state index in [0.29, 0.717) is 5.92 Å². The zero-order chi connectivity index (χ0) is 11.4. The summed E-state index contributed by atoms with van der Waals surface area (Å²) in [5.74, 6) is 1.44. The van der Waals surface area contributed by atoms with Crippen molar-refractivity contribution in [2.75, 3.05) is 11.9 Å². The van der Waals surface area contributed by atoms with Gasteiger partial charge in [0.05, 0.1) is 0 Å². The van der Waals surface area contributed by atoms with Crippen LogP contribution in [0.2, 0.25) is 0 Å². The summed E-state index contributed by atoms with van der Waals surface area (Å²) in [6, 6.07) is 1.84. The summed E-state index contributed by atoms with van der Waals surface area (Å²) in [6.45, 7) is 5.17. The molecule has 0 bridgehead atoms. The number of halogens is 1. The van der Waals surface area contributed by atoms with Crippen LogP contribution in [0.5, 0.6) is 0 Å². The number of hydrogen-bond donors (Lipinski definition) is 0. The van der Waals surface area contributed by atoms with Crippen LogP contribution in [-0.2, 0) is 11.3 Å². The second kappa shape index (κ2) is 5.30. The van der Waals surface area contributed by atoms with E-state index in [1.54, 1.807) is 7.05 Å². The first kappa shape index (κ1) is 12.2. The lowest BCUT2D eigenvalue weighted by molar-refractivity contribution is -0.107. The summed E-state index contributed by atoms with van der Waals surface area (Å²) >= 11 is 3.31. The summed E-state index contributed by atoms with van der Waals surface area (Å²) in [5, 5.41) is 4.28. The summed E-state index contributed by atoms with van der Waals surface area (Å²) in [6.07, 6.45) is 1.84. The Morgan fingerprint density at radius 2 is 2.33 bits per heavy atom. The molecule has 0 saturated heterocycles. The minimum absolute atomic E-state index is 0.627. The number of rotatable bonds is 5. The van der Waals surface area contributed by atoms with E-state index >= 15 is 0 Å². The summed E-state index contributed by atoms with van der Waals surface area (Å²) < 4.78 is 2.60. The van der Waals surface area contributed by atoms with Gasteiger partial charge in [0, 0.05) is 19.7 Å². The molecule has 0 fully saturated rings. The summed E-state index contributed by atoms with van der Waals surface area (Å²) in [7, 11) is 1.72. The molecule has 0 atom stereocenters. The minimum atomic E-state index is 0.627. The molecule has 1 amide bonds. The fourth-order valence-corrected chi connectivity index (χ4v) is 1.66. The van der Waals surface area contributed by atoms with E-state index in [0.717, 1.165) is 29.8 Å². The van der Waals surface area contributed by atoms with Gasteiger partial charge in [-0.05, 0) is 28.3 Å². The maximum absolute atomic E-state index is 10.7. The third kappa shape index (κ3) is 3.34. The van der Waals surface area contributed by atoms with Crippen LogP contribution in [0.1, 0.15) is 20.3 Å². The van der Waals surface area contributed by atoms with Gasteiger partial charge in [-0.2, -0.15) is 5.10 Å². The normalized spacial score (nSPS) is 10.7. The second-order valence-corrected chi connectivity index (χ2v) is 4.76. The second-order valence-electron chi connectivity index (χ2n) is 3.95. The van der Waals surface area contributed by atoms with Crippen molar-refractivity contribution in [1.29, 1.82) is 0 Å². The topological polar surface area (TPSA) is 38.1 Å². The predicted octanol–water partition coefficient (Wildman–Crippen LogP) is 2.28. The zero-order valence-corrected chi connectivity index (χ0v) is 10.9. The van der Waals surface area contributed by atoms with Crippen LogP contribution in [0.15, 0.2) is 10.7 Å². The number of amides is 1. The molecule has 0 saturated carbocycles. The molecule has 5 heteroatoms. The highest BCUT2D eigenvalue weighted by atomic mass is 79.9. The molecule has 0 aliphatic rings. The lowest BCUT2D eigenvalue weighted by atomic mass is 10.1. The largest absolute Gasteiger partial charge is 0.303 e. The Kier molecular flexibility index (Phi) is 4.32. The highest BCUT2D eigenvalue weighted by Gasteiger charge is 2.10. The molecule has 84 valence electrons. The molecule has 0 aliphatic heterocycles. The lowest BCUT2D eigenvalue weighted by Crippen LogP contribution is -2.19. The highest BCUT2D eigenvalue weighted by molar-refractivity contribution is 9.10. The number of hydrogen-bond acceptors (Lipinski definition) is 2. The van der Waals surface area contributed by atoms with E-state index in [1.807, 2.05) is 10.7 Å². The third-order valence-electron chi connectivity index (χ3n) is 2.17. The molecule has 0 radical (unpaired) electrons. The molecule has 0 aliphatic carbocycles. The first-order valence-corrected chi connectivity index (χ1v) is 5.75. The molecule has 0 N–H and O–H groups in total. The van der Waals surface area contributed by atoms with Gasteiger partial charge in [-0.3, -0.25) is 4.79 Å². The molecular formula is C10H16BrN3O. The fourth-order valence-electron chi connectivity index (χ4n) is 1.26. The van der Waals surface area contributed by atoms with Crippen LogP contribution >= 0.6 is 15.9 Å². The van der Waals surface area contributed by atoms with Gasteiger partial charge in [0.25, 0.3) is 0 Å². The van der Waals surface area contributed by atoms with Gasteiger partial charge in [-0.25, -0.2) is 4.68 Å². The van der Waals surface area contributed by atoms with Crippen molar-refractivity contribution >= 4 is 28.2 Å². The average Bonchev–Trinajstić information content (AvgIpc) is 2.55. The standard InChI is InChI=1S/C10H16BrN3O/c1-8(2)4-5-14-10(13(3)7-15)6-9(11)12-14/h6-8H,4-5H2,1-3H3. The first-order valence-electron chi connectivity index (χ1n) is 4.96. The quantitative estimate of drug-likeness (QED) is 0.773. The van der Waals surface area contributed by atoms with E-state index < -0.39 is 0 Å². The zero-order valence-electron chi connectivity index (χ0n) is 9.27. The van der Waals surface area contributed by atoms with Crippen molar-refractivity contribution in [2.24, 2.45) is 5.92 Å². The fraction of sp³-hybridized carbons (Fsp3) is 0.600. The van der Waals surface area contributed by atoms with Gasteiger partial charge < -0.3 is 4.90 Å². The third-order valence-corrected chi connectivity index (χ3v) is 2.55. The molecule has 1 rings (SSSR count). The number of nitrogens with zero attached hydrogens (tertiary/aromatic N) is 3. The first-order chi connectivity index (χ1) is 7.04. The van der Waals surface area contributed by atoms with Crippen molar-refractivity contribution < 1.29 is 4.79 Å². The van der Waals surface area contributed by atoms with Crippen LogP contribution in [0, 0.1) is 5.92 Å². The van der Waals surface area contributed by atoms with Gasteiger partial charge in [-0.15, -0.1) is 0 Å². The summed E-state index contributed by atoms with van der Waals surface area (Å²) in [5.41, 5.74) is 0. The number of anilines is 1. The van der Waals surface area contributed by atoms with Crippen LogP contribution in [0.4, 0.5) is 5.82 Å². The Labute approximate surface area is 98.4 Å². The smallest absolute Gasteiger partial charge is 0.215 e. The molecule has 0 unspecified atom stereocenters. The van der Waals surface area contributed by atoms with Crippen LogP contribution in [0.25, 0.3) is 0 Å². The van der Waals surface area contributed by atoms with E-state index in [-0.39, 0.29) is 0 Å². The van der Waals surface area contributed by atoms with Gasteiger partial charge in [0.15, 0.2) is 0 Å². The van der Waals surface area contributed by atoms with E-state index in [9.17, 15) is 4.79 Å². The molecule has 15 heavy (non-hydrogen) atoms. The molecule has 1 aromatic rings. The average molecular weight is 274 g/mol. The number of aryl methyl sites for hydroxylation is 1. The van der Waals surface area contributed by atoms with Gasteiger partial charge in [-0.1, -0.05) is 13.8 Å². The molecule has 1 heterocycles. The van der Waals surface area contributed by atoms with Crippen LogP contribution < -0.4 is 4.90 Å². The molecule has 4 nitrogen and oxygen atoms in total. The van der Waals surface area contributed by atoms with E-state index in [2.05, 4.69) is 34.9 Å². The molecule has 0 spiro atoms. The maximum Gasteiger partial charge on any atom is 0.215 e. The van der Waals surface area contributed by atoms with E-state index in [4.69, 9.17) is 0 Å². The van der Waals surface area contributed by atoms with Crippen molar-refractivity contribution in [2.45, 2.75) is 26.8 Å². The Morgan fingerprint density at radius 3 is 2.87 bits per heavy atom. The van der Waals surface area contributed by atoms with Crippen LogP contribution in [-0.4, -0.2) is 23.2 Å². The number of aromatic nitrogens is 2. The number of carbonyl (C=O) groups is 1. The molecular weight excluding hydrogens is 258 g/mol. The summed E-state index contributed by atoms with van der Waals surface area (Å²) in [4.78, 5) is 12.2. The maximum atomic E-state index is 10.7. The Balaban J connectivity index is 2.81. The predicted molar refractivity (Wildman–Crippen MR) is 63.8 cm³/mol. The highest BCUT2D eigenvalue weighted by Crippen LogP contribution is 2.19. The molecule has 0 aromatic carbocycles. The van der Waals surface area contributed by atoms with Gasteiger partial charge in [0.2, 0.25) is 6.41 Å². The van der Waals surface area contributed by atoms with Crippen LogP contribution in [0.3, 0.4) is 0 Å². The van der Waals surface area contributed by atoms with Gasteiger partial charge in [0.1, 0.15) is 10.4 Å². The minimum Gasteiger partial charge on any atom is -0.303 e. The monoisotopic (exact) mass is 273 g/mol.